The van der Waals surface area contributed by atoms with Gasteiger partial charge >= 0.3 is 0 Å². The summed E-state index contributed by atoms with van der Waals surface area (Å²) >= 11 is 1.18. The summed E-state index contributed by atoms with van der Waals surface area (Å²) in [6.45, 7) is 8.09. The van der Waals surface area contributed by atoms with E-state index in [1.807, 2.05) is 56.0 Å². The highest BCUT2D eigenvalue weighted by Crippen LogP contribution is 2.31. The predicted molar refractivity (Wildman–Crippen MR) is 142 cm³/mol. The van der Waals surface area contributed by atoms with Crippen LogP contribution in [-0.4, -0.2) is 62.0 Å². The lowest BCUT2D eigenvalue weighted by Gasteiger charge is -2.20. The van der Waals surface area contributed by atoms with E-state index >= 15 is 0 Å². The number of benzene rings is 1. The molecule has 0 aliphatic carbocycles. The summed E-state index contributed by atoms with van der Waals surface area (Å²) in [4.78, 5) is 31.4. The van der Waals surface area contributed by atoms with Crippen LogP contribution < -0.4 is 4.74 Å². The Morgan fingerprint density at radius 3 is 2.61 bits per heavy atom. The molecule has 10 heteroatoms. The molecule has 4 heterocycles. The molecule has 1 fully saturated rings. The summed E-state index contributed by atoms with van der Waals surface area (Å²) < 4.78 is 7.64. The number of aliphatic imine (C=N–C) groups is 1. The molecule has 2 amide bonds. The van der Waals surface area contributed by atoms with Crippen LogP contribution in [0, 0.1) is 19.3 Å². The van der Waals surface area contributed by atoms with Crippen molar-refractivity contribution in [2.75, 3.05) is 19.7 Å². The average Bonchev–Trinajstić information content (AvgIpc) is 3.58. The molecule has 3 aliphatic rings. The summed E-state index contributed by atoms with van der Waals surface area (Å²) in [5, 5.41) is 15.4. The zero-order valence-electron chi connectivity index (χ0n) is 20.6. The monoisotopic (exact) mass is 504 g/mol. The highest BCUT2D eigenvalue weighted by molar-refractivity contribution is 8.27. The van der Waals surface area contributed by atoms with Crippen molar-refractivity contribution in [1.82, 2.24) is 14.5 Å². The highest BCUT2D eigenvalue weighted by atomic mass is 32.2. The quantitative estimate of drug-likeness (QED) is 0.596. The number of hydrogen-bond acceptors (Lipinski definition) is 6. The van der Waals surface area contributed by atoms with Gasteiger partial charge in [0.25, 0.3) is 5.91 Å². The second-order valence-electron chi connectivity index (χ2n) is 8.87. The van der Waals surface area contributed by atoms with E-state index in [4.69, 9.17) is 10.1 Å². The van der Waals surface area contributed by atoms with Gasteiger partial charge in [-0.15, -0.1) is 0 Å². The van der Waals surface area contributed by atoms with E-state index in [0.717, 1.165) is 54.3 Å². The molecule has 0 bridgehead atoms. The van der Waals surface area contributed by atoms with E-state index in [-0.39, 0.29) is 23.7 Å². The van der Waals surface area contributed by atoms with Gasteiger partial charge in [-0.05, 0) is 87.3 Å². The Balaban J connectivity index is 1.39. The molecule has 5 rings (SSSR count). The Morgan fingerprint density at radius 1 is 1.19 bits per heavy atom. The van der Waals surface area contributed by atoms with Crippen molar-refractivity contribution in [3.05, 3.63) is 52.9 Å². The van der Waals surface area contributed by atoms with E-state index in [0.29, 0.717) is 16.8 Å². The minimum atomic E-state index is -0.480. The van der Waals surface area contributed by atoms with Gasteiger partial charge in [-0.2, -0.15) is 15.1 Å². The highest BCUT2D eigenvalue weighted by Gasteiger charge is 2.36. The maximum Gasteiger partial charge on any atom is 0.283 e. The summed E-state index contributed by atoms with van der Waals surface area (Å²) in [6.07, 6.45) is 3.91. The Morgan fingerprint density at radius 2 is 1.92 bits per heavy atom. The van der Waals surface area contributed by atoms with Crippen molar-refractivity contribution in [3.8, 4) is 11.4 Å². The lowest BCUT2D eigenvalue weighted by Crippen LogP contribution is -2.35. The molecular formula is C26H28N6O3S. The molecule has 2 aromatic rings. The van der Waals surface area contributed by atoms with E-state index in [9.17, 15) is 9.59 Å². The number of likely N-dealkylation sites (tertiary alicyclic amines) is 1. The molecule has 1 N–H and O–H groups in total. The van der Waals surface area contributed by atoms with Gasteiger partial charge in [-0.1, -0.05) is 0 Å². The molecule has 36 heavy (non-hydrogen) atoms. The molecule has 186 valence electrons. The number of aryl methyl sites for hydroxylation is 1. The molecule has 0 spiro atoms. The Kier molecular flexibility index (Phi) is 6.53. The first-order valence-corrected chi connectivity index (χ1v) is 12.9. The van der Waals surface area contributed by atoms with Gasteiger partial charge in [0.05, 0.1) is 18.6 Å². The third-order valence-corrected chi connectivity index (χ3v) is 7.34. The van der Waals surface area contributed by atoms with Crippen molar-refractivity contribution in [3.63, 3.8) is 0 Å². The predicted octanol–water partition coefficient (Wildman–Crippen LogP) is 4.12. The second-order valence-corrected chi connectivity index (χ2v) is 9.91. The number of fused-ring (bicyclic) bond motifs is 1. The van der Waals surface area contributed by atoms with Crippen LogP contribution in [0.25, 0.3) is 11.8 Å². The van der Waals surface area contributed by atoms with Gasteiger partial charge < -0.3 is 14.2 Å². The third-order valence-electron chi connectivity index (χ3n) is 6.43. The van der Waals surface area contributed by atoms with Crippen molar-refractivity contribution in [2.45, 2.75) is 40.0 Å². The summed E-state index contributed by atoms with van der Waals surface area (Å²) in [6, 6.07) is 9.84. The first kappa shape index (κ1) is 24.1. The number of amidine groups is 2. The number of hydrazone groups is 1. The maximum absolute atomic E-state index is 12.9. The van der Waals surface area contributed by atoms with Crippen molar-refractivity contribution in [2.24, 2.45) is 10.1 Å². The fourth-order valence-corrected chi connectivity index (χ4v) is 5.53. The van der Waals surface area contributed by atoms with E-state index < -0.39 is 5.91 Å². The number of carbonyl (C=O) groups excluding carboxylic acids is 2. The molecule has 0 saturated carbocycles. The smallest absolute Gasteiger partial charge is 0.283 e. The normalized spacial score (nSPS) is 18.6. The molecule has 0 atom stereocenters. The third kappa shape index (κ3) is 4.48. The molecule has 1 aromatic carbocycles. The number of aromatic nitrogens is 1. The van der Waals surface area contributed by atoms with Crippen LogP contribution >= 0.6 is 11.8 Å². The number of nitrogens with one attached hydrogen (secondary N) is 1. The number of thioether (sulfide) groups is 1. The lowest BCUT2D eigenvalue weighted by atomic mass is 10.1. The molecule has 0 radical (unpaired) electrons. The molecule has 0 unspecified atom stereocenters. The fraction of sp³-hybridized carbons (Fsp3) is 0.346. The standard InChI is InChI=1S/C26H28N6O3S/c1-4-35-20-9-7-19(8-10-20)31-16(2)13-18(17(31)3)14-21-24(27)32-26(28-25(21)34)36-22(29-32)15-23(33)30-11-5-6-12-30/h7-10,13-14,27H,4-6,11-12,15H2,1-3H3/b21-14-,27-24?. The molecule has 1 saturated heterocycles. The summed E-state index contributed by atoms with van der Waals surface area (Å²) in [5.74, 6) is 0.319. The Bertz CT molecular complexity index is 1330. The second kappa shape index (κ2) is 9.77. The first-order chi connectivity index (χ1) is 17.4. The molecule has 1 aromatic heterocycles. The number of carbonyl (C=O) groups is 2. The number of ether oxygens (including phenoxy) is 1. The van der Waals surface area contributed by atoms with E-state index in [1.165, 1.54) is 16.8 Å². The van der Waals surface area contributed by atoms with Crippen molar-refractivity contribution in [1.29, 1.82) is 5.41 Å². The first-order valence-electron chi connectivity index (χ1n) is 12.0. The van der Waals surface area contributed by atoms with Gasteiger partial charge in [0.15, 0.2) is 5.84 Å². The number of rotatable bonds is 6. The van der Waals surface area contributed by atoms with Gasteiger partial charge in [0, 0.05) is 30.2 Å². The molecule has 3 aliphatic heterocycles. The van der Waals surface area contributed by atoms with Crippen molar-refractivity contribution >= 4 is 45.7 Å². The van der Waals surface area contributed by atoms with Crippen LogP contribution in [0.4, 0.5) is 0 Å². The minimum absolute atomic E-state index is 0.0227. The largest absolute Gasteiger partial charge is 0.494 e. The lowest BCUT2D eigenvalue weighted by molar-refractivity contribution is -0.128. The maximum atomic E-state index is 12.9. The van der Waals surface area contributed by atoms with Gasteiger partial charge in [0.2, 0.25) is 11.1 Å². The molecule has 9 nitrogen and oxygen atoms in total. The number of amides is 2. The van der Waals surface area contributed by atoms with Crippen molar-refractivity contribution < 1.29 is 14.3 Å². The van der Waals surface area contributed by atoms with Gasteiger partial charge in [-0.25, -0.2) is 0 Å². The summed E-state index contributed by atoms with van der Waals surface area (Å²) in [7, 11) is 0. The molecular weight excluding hydrogens is 476 g/mol. The van der Waals surface area contributed by atoms with E-state index in [2.05, 4.69) is 14.7 Å². The van der Waals surface area contributed by atoms with Crippen LogP contribution in [0.2, 0.25) is 0 Å². The van der Waals surface area contributed by atoms with Gasteiger partial charge in [-0.3, -0.25) is 15.0 Å². The zero-order valence-corrected chi connectivity index (χ0v) is 21.4. The van der Waals surface area contributed by atoms with Crippen LogP contribution in [-0.2, 0) is 9.59 Å². The Hall–Kier alpha value is -3.66. The number of nitrogens with zero attached hydrogens (tertiary/aromatic N) is 5. The van der Waals surface area contributed by atoms with Crippen LogP contribution in [0.3, 0.4) is 0 Å². The SMILES string of the molecule is CCOc1ccc(-n2c(C)cc(/C=C3/C(=N)N4N=C(CC(=O)N5CCCC5)SC4=NC3=O)c2C)cc1. The van der Waals surface area contributed by atoms with Gasteiger partial charge in [0.1, 0.15) is 10.8 Å². The van der Waals surface area contributed by atoms with Crippen LogP contribution in [0.15, 0.2) is 46.0 Å². The fourth-order valence-electron chi connectivity index (χ4n) is 4.66. The summed E-state index contributed by atoms with van der Waals surface area (Å²) in [5.41, 5.74) is 3.92. The topological polar surface area (TPSA) is 103 Å². The average molecular weight is 505 g/mol. The zero-order chi connectivity index (χ0) is 25.4. The Labute approximate surface area is 214 Å². The minimum Gasteiger partial charge on any atom is -0.494 e. The van der Waals surface area contributed by atoms with Crippen LogP contribution in [0.1, 0.15) is 43.1 Å². The van der Waals surface area contributed by atoms with E-state index in [1.54, 1.807) is 6.08 Å². The number of hydrogen-bond donors (Lipinski definition) is 1. The van der Waals surface area contributed by atoms with Crippen LogP contribution in [0.5, 0.6) is 5.75 Å².